The van der Waals surface area contributed by atoms with Crippen molar-refractivity contribution >= 4 is 21.8 Å². The first-order chi connectivity index (χ1) is 13.3. The van der Waals surface area contributed by atoms with E-state index in [4.69, 9.17) is 0 Å². The number of hydrogen-bond acceptors (Lipinski definition) is 2. The molecule has 144 valence electrons. The number of alkyl halides is 3. The van der Waals surface area contributed by atoms with E-state index in [1.165, 1.54) is 12.1 Å². The number of halogens is 4. The Morgan fingerprint density at radius 3 is 2.57 bits per heavy atom. The lowest BCUT2D eigenvalue weighted by atomic mass is 9.99. The first kappa shape index (κ1) is 18.7. The summed E-state index contributed by atoms with van der Waals surface area (Å²) in [5.74, 6) is -0.115. The van der Waals surface area contributed by atoms with E-state index >= 15 is 0 Å². The number of rotatable bonds is 3. The number of amides is 1. The summed E-state index contributed by atoms with van der Waals surface area (Å²) in [6, 6.07) is 12.2. The van der Waals surface area contributed by atoms with Crippen molar-refractivity contribution in [3.05, 3.63) is 87.9 Å². The monoisotopic (exact) mass is 449 g/mol. The number of nitrogens with zero attached hydrogens (tertiary/aromatic N) is 3. The van der Waals surface area contributed by atoms with Crippen molar-refractivity contribution in [3.8, 4) is 0 Å². The van der Waals surface area contributed by atoms with Crippen LogP contribution in [0.2, 0.25) is 0 Å². The van der Waals surface area contributed by atoms with Crippen LogP contribution in [0.5, 0.6) is 0 Å². The van der Waals surface area contributed by atoms with Crippen molar-refractivity contribution in [2.45, 2.75) is 25.3 Å². The van der Waals surface area contributed by atoms with Gasteiger partial charge in [-0.15, -0.1) is 0 Å². The normalized spacial score (nSPS) is 16.9. The molecule has 0 aliphatic carbocycles. The van der Waals surface area contributed by atoms with Crippen LogP contribution in [0.3, 0.4) is 0 Å². The standard InChI is InChI=1S/C20H15BrF3N3O/c21-16-3-1-2-14(8-16)19-17-9-25-12-26(17)11-18(28)27(19)10-13-4-6-15(7-5-13)20(22,23)24/h1-9,12,19H,10-11H2. The fourth-order valence-electron chi connectivity index (χ4n) is 3.43. The van der Waals surface area contributed by atoms with Gasteiger partial charge in [0.2, 0.25) is 5.91 Å². The van der Waals surface area contributed by atoms with Crippen LogP contribution in [0.1, 0.15) is 28.4 Å². The molecule has 4 rings (SSSR count). The van der Waals surface area contributed by atoms with Gasteiger partial charge >= 0.3 is 6.18 Å². The number of carbonyl (C=O) groups is 1. The molecule has 3 aromatic rings. The van der Waals surface area contributed by atoms with Gasteiger partial charge in [0, 0.05) is 11.0 Å². The molecule has 2 heterocycles. The molecule has 0 radical (unpaired) electrons. The van der Waals surface area contributed by atoms with Gasteiger partial charge in [0.1, 0.15) is 6.54 Å². The highest BCUT2D eigenvalue weighted by Crippen LogP contribution is 2.35. The fourth-order valence-corrected chi connectivity index (χ4v) is 3.85. The first-order valence-corrected chi connectivity index (χ1v) is 9.33. The topological polar surface area (TPSA) is 38.1 Å². The predicted molar refractivity (Wildman–Crippen MR) is 100 cm³/mol. The van der Waals surface area contributed by atoms with Gasteiger partial charge < -0.3 is 9.47 Å². The maximum atomic E-state index is 12.8. The molecule has 0 bridgehead atoms. The second-order valence-corrected chi connectivity index (χ2v) is 7.54. The average Bonchev–Trinajstić information content (AvgIpc) is 3.09. The van der Waals surface area contributed by atoms with Gasteiger partial charge in [-0.05, 0) is 35.4 Å². The zero-order valence-electron chi connectivity index (χ0n) is 14.5. The third-order valence-electron chi connectivity index (χ3n) is 4.76. The van der Waals surface area contributed by atoms with Crippen LogP contribution in [0.4, 0.5) is 13.2 Å². The van der Waals surface area contributed by atoms with Crippen LogP contribution in [-0.4, -0.2) is 20.4 Å². The van der Waals surface area contributed by atoms with E-state index in [2.05, 4.69) is 20.9 Å². The molecule has 1 atom stereocenters. The van der Waals surface area contributed by atoms with Crippen molar-refractivity contribution in [2.24, 2.45) is 0 Å². The molecular formula is C20H15BrF3N3O. The highest BCUT2D eigenvalue weighted by Gasteiger charge is 2.34. The molecule has 0 fully saturated rings. The highest BCUT2D eigenvalue weighted by atomic mass is 79.9. The van der Waals surface area contributed by atoms with Gasteiger partial charge in [0.05, 0.1) is 29.8 Å². The molecule has 28 heavy (non-hydrogen) atoms. The SMILES string of the molecule is O=C1Cn2cncc2C(c2cccc(Br)c2)N1Cc1ccc(C(F)(F)F)cc1. The molecule has 1 aromatic heterocycles. The Bertz CT molecular complexity index is 1010. The lowest BCUT2D eigenvalue weighted by molar-refractivity contribution is -0.138. The number of carbonyl (C=O) groups excluding carboxylic acids is 1. The van der Waals surface area contributed by atoms with Crippen molar-refractivity contribution in [1.29, 1.82) is 0 Å². The Kier molecular flexibility index (Phi) is 4.74. The zero-order chi connectivity index (χ0) is 19.9. The molecule has 0 spiro atoms. The minimum Gasteiger partial charge on any atom is -0.324 e. The summed E-state index contributed by atoms with van der Waals surface area (Å²) in [7, 11) is 0. The molecule has 0 N–H and O–H groups in total. The molecule has 8 heteroatoms. The molecule has 0 saturated carbocycles. The Labute approximate surface area is 167 Å². The zero-order valence-corrected chi connectivity index (χ0v) is 16.1. The minimum atomic E-state index is -4.38. The van der Waals surface area contributed by atoms with Crippen molar-refractivity contribution in [1.82, 2.24) is 14.5 Å². The first-order valence-electron chi connectivity index (χ1n) is 8.54. The summed E-state index contributed by atoms with van der Waals surface area (Å²) < 4.78 is 41.1. The summed E-state index contributed by atoms with van der Waals surface area (Å²) in [5.41, 5.74) is 1.69. The molecule has 1 unspecified atom stereocenters. The maximum absolute atomic E-state index is 12.8. The largest absolute Gasteiger partial charge is 0.416 e. The minimum absolute atomic E-state index is 0.115. The number of hydrogen-bond donors (Lipinski definition) is 0. The van der Waals surface area contributed by atoms with Crippen LogP contribution in [0, 0.1) is 0 Å². The van der Waals surface area contributed by atoms with Crippen LogP contribution >= 0.6 is 15.9 Å². The van der Waals surface area contributed by atoms with E-state index < -0.39 is 11.7 Å². The second kappa shape index (κ2) is 7.09. The molecule has 2 aromatic carbocycles. The quantitative estimate of drug-likeness (QED) is 0.576. The Hall–Kier alpha value is -2.61. The van der Waals surface area contributed by atoms with E-state index in [0.717, 1.165) is 27.9 Å². The van der Waals surface area contributed by atoms with Gasteiger partial charge in [-0.3, -0.25) is 4.79 Å². The smallest absolute Gasteiger partial charge is 0.324 e. The Balaban J connectivity index is 1.70. The van der Waals surface area contributed by atoms with Crippen LogP contribution in [-0.2, 0) is 24.1 Å². The molecule has 1 amide bonds. The Morgan fingerprint density at radius 1 is 1.14 bits per heavy atom. The van der Waals surface area contributed by atoms with Gasteiger partial charge in [-0.25, -0.2) is 4.98 Å². The van der Waals surface area contributed by atoms with E-state index in [9.17, 15) is 18.0 Å². The lowest BCUT2D eigenvalue weighted by Crippen LogP contribution is -2.42. The predicted octanol–water partition coefficient (Wildman–Crippen LogP) is 4.80. The molecule has 4 nitrogen and oxygen atoms in total. The summed E-state index contributed by atoms with van der Waals surface area (Å²) in [5, 5.41) is 0. The van der Waals surface area contributed by atoms with Crippen molar-refractivity contribution in [2.75, 3.05) is 0 Å². The van der Waals surface area contributed by atoms with E-state index in [0.29, 0.717) is 5.56 Å². The summed E-state index contributed by atoms with van der Waals surface area (Å²) >= 11 is 3.46. The maximum Gasteiger partial charge on any atom is 0.416 e. The molecule has 1 aliphatic heterocycles. The van der Waals surface area contributed by atoms with Crippen LogP contribution in [0.25, 0.3) is 0 Å². The fraction of sp³-hybridized carbons (Fsp3) is 0.200. The number of fused-ring (bicyclic) bond motifs is 1. The summed E-state index contributed by atoms with van der Waals surface area (Å²) in [4.78, 5) is 18.7. The number of benzene rings is 2. The van der Waals surface area contributed by atoms with Crippen LogP contribution in [0.15, 0.2) is 65.5 Å². The summed E-state index contributed by atoms with van der Waals surface area (Å²) in [6.45, 7) is 0.361. The average molecular weight is 450 g/mol. The van der Waals surface area contributed by atoms with E-state index in [1.54, 1.807) is 22.0 Å². The lowest BCUT2D eigenvalue weighted by Gasteiger charge is -2.37. The third kappa shape index (κ3) is 3.56. The van der Waals surface area contributed by atoms with E-state index in [1.807, 2.05) is 24.3 Å². The number of imidazole rings is 1. The van der Waals surface area contributed by atoms with Gasteiger partial charge in [0.15, 0.2) is 0 Å². The highest BCUT2D eigenvalue weighted by molar-refractivity contribution is 9.10. The number of aromatic nitrogens is 2. The second-order valence-electron chi connectivity index (χ2n) is 6.62. The van der Waals surface area contributed by atoms with E-state index in [-0.39, 0.29) is 25.0 Å². The van der Waals surface area contributed by atoms with Crippen molar-refractivity contribution < 1.29 is 18.0 Å². The van der Waals surface area contributed by atoms with Gasteiger partial charge in [-0.2, -0.15) is 13.2 Å². The molecule has 0 saturated heterocycles. The molecule has 1 aliphatic rings. The van der Waals surface area contributed by atoms with Gasteiger partial charge in [-0.1, -0.05) is 40.2 Å². The summed E-state index contributed by atoms with van der Waals surface area (Å²) in [6.07, 6.45) is -1.05. The van der Waals surface area contributed by atoms with Crippen molar-refractivity contribution in [3.63, 3.8) is 0 Å². The van der Waals surface area contributed by atoms with Gasteiger partial charge in [0.25, 0.3) is 0 Å². The molecular weight excluding hydrogens is 435 g/mol. The Morgan fingerprint density at radius 2 is 1.89 bits per heavy atom. The van der Waals surface area contributed by atoms with Crippen LogP contribution < -0.4 is 0 Å². The third-order valence-corrected chi connectivity index (χ3v) is 5.25.